The molecule has 2 aliphatic rings. The van der Waals surface area contributed by atoms with E-state index in [-0.39, 0.29) is 36.0 Å². The van der Waals surface area contributed by atoms with Gasteiger partial charge in [-0.05, 0) is 13.0 Å². The van der Waals surface area contributed by atoms with Crippen LogP contribution in [-0.2, 0) is 4.79 Å². The number of aromatic nitrogens is 1. The van der Waals surface area contributed by atoms with Crippen LogP contribution in [0.15, 0.2) is 17.1 Å². The molecule has 1 unspecified atom stereocenters. The van der Waals surface area contributed by atoms with Crippen molar-refractivity contribution in [1.29, 1.82) is 0 Å². The molecular formula is C19H20FN3O6. The molecule has 4 rings (SSSR count). The van der Waals surface area contributed by atoms with E-state index in [1.807, 2.05) is 6.92 Å². The van der Waals surface area contributed by atoms with Crippen molar-refractivity contribution in [3.63, 3.8) is 0 Å². The Hall–Kier alpha value is -3.14. The van der Waals surface area contributed by atoms with E-state index in [4.69, 9.17) is 9.84 Å². The summed E-state index contributed by atoms with van der Waals surface area (Å²) >= 11 is 0. The van der Waals surface area contributed by atoms with Crippen LogP contribution in [0.5, 0.6) is 5.75 Å². The highest BCUT2D eigenvalue weighted by atomic mass is 19.1. The summed E-state index contributed by atoms with van der Waals surface area (Å²) < 4.78 is 22.6. The van der Waals surface area contributed by atoms with Gasteiger partial charge in [-0.15, -0.1) is 0 Å². The van der Waals surface area contributed by atoms with Crippen LogP contribution in [0.25, 0.3) is 10.9 Å². The average Bonchev–Trinajstić information content (AvgIpc) is 2.66. The first-order chi connectivity index (χ1) is 13.8. The summed E-state index contributed by atoms with van der Waals surface area (Å²) in [5.41, 5.74) is -0.565. The van der Waals surface area contributed by atoms with Gasteiger partial charge in [-0.1, -0.05) is 0 Å². The molecule has 0 bridgehead atoms. The van der Waals surface area contributed by atoms with E-state index in [1.165, 1.54) is 6.20 Å². The molecule has 0 radical (unpaired) electrons. The van der Waals surface area contributed by atoms with Gasteiger partial charge in [0.05, 0.1) is 23.5 Å². The van der Waals surface area contributed by atoms with Crippen molar-refractivity contribution in [2.75, 3.05) is 44.2 Å². The maximum Gasteiger partial charge on any atom is 0.341 e. The number of carboxylic acid groups (broad SMARTS) is 2. The largest absolute Gasteiger partial charge is 0.487 e. The van der Waals surface area contributed by atoms with Crippen molar-refractivity contribution in [1.82, 2.24) is 9.47 Å². The Morgan fingerprint density at radius 3 is 2.55 bits per heavy atom. The number of anilines is 1. The Balaban J connectivity index is 1.83. The van der Waals surface area contributed by atoms with E-state index in [2.05, 4.69) is 0 Å². The molecule has 10 heteroatoms. The molecule has 2 aliphatic heterocycles. The standard InChI is InChI=1S/C19H20FN3O6/c1-10-9-29-18-15-11(17(26)12(19(27)28)7-23(10)15)6-13(20)16(18)22-4-2-21(3-5-22)8-14(24)25/h6-7,10H,2-5,8-9H2,1H3,(H,24,25)(H,27,28). The van der Waals surface area contributed by atoms with Gasteiger partial charge in [0.15, 0.2) is 11.6 Å². The topological polar surface area (TPSA) is 112 Å². The molecule has 9 nitrogen and oxygen atoms in total. The van der Waals surface area contributed by atoms with Crippen LogP contribution >= 0.6 is 0 Å². The zero-order valence-corrected chi connectivity index (χ0v) is 15.7. The van der Waals surface area contributed by atoms with Gasteiger partial charge in [0.2, 0.25) is 5.43 Å². The highest BCUT2D eigenvalue weighted by Crippen LogP contribution is 2.42. The van der Waals surface area contributed by atoms with Gasteiger partial charge in [-0.2, -0.15) is 0 Å². The van der Waals surface area contributed by atoms with Crippen molar-refractivity contribution in [2.45, 2.75) is 13.0 Å². The normalized spacial score (nSPS) is 19.2. The third-order valence-electron chi connectivity index (χ3n) is 5.42. The molecular weight excluding hydrogens is 385 g/mol. The Kier molecular flexibility index (Phi) is 4.65. The van der Waals surface area contributed by atoms with Gasteiger partial charge < -0.3 is 24.4 Å². The third kappa shape index (κ3) is 3.19. The zero-order chi connectivity index (χ0) is 20.9. The lowest BCUT2D eigenvalue weighted by Crippen LogP contribution is -2.48. The van der Waals surface area contributed by atoms with Crippen LogP contribution < -0.4 is 15.1 Å². The Morgan fingerprint density at radius 2 is 1.93 bits per heavy atom. The second-order valence-electron chi connectivity index (χ2n) is 7.33. The molecule has 1 saturated heterocycles. The summed E-state index contributed by atoms with van der Waals surface area (Å²) in [7, 11) is 0. The number of carboxylic acids is 2. The SMILES string of the molecule is CC1COc2c(N3CCN(CC(=O)O)CC3)c(F)cc3c(=O)c(C(=O)O)cn1c23. The Labute approximate surface area is 164 Å². The van der Waals surface area contributed by atoms with Crippen LogP contribution in [0, 0.1) is 5.82 Å². The Morgan fingerprint density at radius 1 is 1.24 bits per heavy atom. The van der Waals surface area contributed by atoms with Crippen molar-refractivity contribution in [3.05, 3.63) is 33.9 Å². The number of aromatic carboxylic acids is 1. The van der Waals surface area contributed by atoms with E-state index in [1.54, 1.807) is 14.4 Å². The molecule has 2 N–H and O–H groups in total. The number of carbonyl (C=O) groups is 2. The number of aliphatic carboxylic acids is 1. The van der Waals surface area contributed by atoms with E-state index < -0.39 is 28.7 Å². The molecule has 29 heavy (non-hydrogen) atoms. The monoisotopic (exact) mass is 405 g/mol. The smallest absolute Gasteiger partial charge is 0.341 e. The molecule has 154 valence electrons. The number of pyridine rings is 1. The third-order valence-corrected chi connectivity index (χ3v) is 5.42. The van der Waals surface area contributed by atoms with E-state index >= 15 is 4.39 Å². The van der Waals surface area contributed by atoms with Gasteiger partial charge in [0.25, 0.3) is 0 Å². The first-order valence-electron chi connectivity index (χ1n) is 9.24. The fourth-order valence-corrected chi connectivity index (χ4v) is 3.98. The quantitative estimate of drug-likeness (QED) is 0.775. The molecule has 1 fully saturated rings. The van der Waals surface area contributed by atoms with E-state index in [0.717, 1.165) is 6.07 Å². The van der Waals surface area contributed by atoms with Crippen LogP contribution in [-0.4, -0.2) is 70.9 Å². The van der Waals surface area contributed by atoms with Crippen LogP contribution in [0.4, 0.5) is 10.1 Å². The van der Waals surface area contributed by atoms with Gasteiger partial charge in [-0.25, -0.2) is 9.18 Å². The van der Waals surface area contributed by atoms with E-state index in [0.29, 0.717) is 31.7 Å². The number of hydrogen-bond acceptors (Lipinski definition) is 6. The highest BCUT2D eigenvalue weighted by Gasteiger charge is 2.31. The minimum Gasteiger partial charge on any atom is -0.487 e. The lowest BCUT2D eigenvalue weighted by molar-refractivity contribution is -0.138. The molecule has 0 amide bonds. The van der Waals surface area contributed by atoms with E-state index in [9.17, 15) is 19.5 Å². The second-order valence-corrected chi connectivity index (χ2v) is 7.33. The number of hydrogen-bond donors (Lipinski definition) is 2. The zero-order valence-electron chi connectivity index (χ0n) is 15.7. The second kappa shape index (κ2) is 7.03. The number of rotatable bonds is 4. The number of nitrogens with zero attached hydrogens (tertiary/aromatic N) is 3. The van der Waals surface area contributed by atoms with Crippen molar-refractivity contribution >= 4 is 28.5 Å². The molecule has 0 saturated carbocycles. The van der Waals surface area contributed by atoms with Crippen LogP contribution in [0.2, 0.25) is 0 Å². The minimum atomic E-state index is -1.36. The highest BCUT2D eigenvalue weighted by molar-refractivity contribution is 5.97. The number of benzene rings is 1. The summed E-state index contributed by atoms with van der Waals surface area (Å²) in [5.74, 6) is -2.72. The van der Waals surface area contributed by atoms with Gasteiger partial charge >= 0.3 is 11.9 Å². The van der Waals surface area contributed by atoms with Gasteiger partial charge in [0.1, 0.15) is 17.9 Å². The minimum absolute atomic E-state index is 0.0304. The lowest BCUT2D eigenvalue weighted by Gasteiger charge is -2.37. The molecule has 1 aromatic carbocycles. The summed E-state index contributed by atoms with van der Waals surface area (Å²) in [6.45, 7) is 3.66. The van der Waals surface area contributed by atoms with Gasteiger partial charge in [0, 0.05) is 32.4 Å². The summed E-state index contributed by atoms with van der Waals surface area (Å²) in [6.07, 6.45) is 1.29. The maximum absolute atomic E-state index is 15.1. The number of piperazine rings is 1. The maximum atomic E-state index is 15.1. The summed E-state index contributed by atoms with van der Waals surface area (Å²) in [5, 5.41) is 18.2. The first-order valence-corrected chi connectivity index (χ1v) is 9.24. The molecule has 1 aromatic heterocycles. The molecule has 3 heterocycles. The molecule has 0 spiro atoms. The summed E-state index contributed by atoms with van der Waals surface area (Å²) in [4.78, 5) is 38.5. The number of halogens is 1. The van der Waals surface area contributed by atoms with Crippen LogP contribution in [0.1, 0.15) is 23.3 Å². The predicted octanol–water partition coefficient (Wildman–Crippen LogP) is 0.999. The van der Waals surface area contributed by atoms with Gasteiger partial charge in [-0.3, -0.25) is 14.5 Å². The van der Waals surface area contributed by atoms with Crippen molar-refractivity contribution in [2.24, 2.45) is 0 Å². The average molecular weight is 405 g/mol. The van der Waals surface area contributed by atoms with Crippen molar-refractivity contribution < 1.29 is 28.9 Å². The summed E-state index contributed by atoms with van der Waals surface area (Å²) in [6, 6.07) is 0.846. The van der Waals surface area contributed by atoms with Crippen LogP contribution in [0.3, 0.4) is 0 Å². The number of ether oxygens (including phenoxy) is 1. The molecule has 1 atom stereocenters. The fraction of sp³-hybridized carbons (Fsp3) is 0.421. The molecule has 0 aliphatic carbocycles. The first kappa shape index (κ1) is 19.2. The fourth-order valence-electron chi connectivity index (χ4n) is 3.98. The Bertz CT molecular complexity index is 1070. The molecule has 2 aromatic rings. The van der Waals surface area contributed by atoms with Crippen molar-refractivity contribution in [3.8, 4) is 5.75 Å². The lowest BCUT2D eigenvalue weighted by atomic mass is 10.1. The predicted molar refractivity (Wildman–Crippen MR) is 102 cm³/mol.